The Morgan fingerprint density at radius 1 is 1.00 bits per heavy atom. The summed E-state index contributed by atoms with van der Waals surface area (Å²) in [5, 5.41) is 0. The molecule has 2 aromatic carbocycles. The summed E-state index contributed by atoms with van der Waals surface area (Å²) >= 11 is 0. The highest BCUT2D eigenvalue weighted by molar-refractivity contribution is 7.91. The highest BCUT2D eigenvalue weighted by atomic mass is 32.2. The van der Waals surface area contributed by atoms with Gasteiger partial charge in [-0.15, -0.1) is 0 Å². The third-order valence-corrected chi connectivity index (χ3v) is 6.52. The lowest BCUT2D eigenvalue weighted by molar-refractivity contribution is 0.255. The fraction of sp³-hybridized carbons (Fsp3) is 0.278. The highest BCUT2D eigenvalue weighted by Crippen LogP contribution is 2.40. The Morgan fingerprint density at radius 2 is 1.62 bits per heavy atom. The number of carbonyl (C=O) groups excluding carboxylic acids is 1. The van der Waals surface area contributed by atoms with Crippen LogP contribution in [0.1, 0.15) is 0 Å². The first-order valence-corrected chi connectivity index (χ1v) is 9.95. The number of halogens is 1. The minimum absolute atomic E-state index is 0.112. The minimum Gasteiger partial charge on any atom is -0.495 e. The minimum atomic E-state index is -3.29. The van der Waals surface area contributed by atoms with Crippen LogP contribution in [0, 0.1) is 5.82 Å². The average Bonchev–Trinajstić information content (AvgIpc) is 3.04. The Bertz CT molecular complexity index is 961. The molecule has 0 N–H and O–H groups in total. The fourth-order valence-electron chi connectivity index (χ4n) is 3.72. The van der Waals surface area contributed by atoms with Gasteiger partial charge in [0.15, 0.2) is 9.84 Å². The predicted molar refractivity (Wildman–Crippen MR) is 96.0 cm³/mol. The topological polar surface area (TPSA) is 66.9 Å². The second-order valence-electron chi connectivity index (χ2n) is 6.38. The molecular weight excluding hydrogens is 359 g/mol. The molecule has 0 aromatic heterocycles. The van der Waals surface area contributed by atoms with Crippen LogP contribution < -0.4 is 14.5 Å². The van der Waals surface area contributed by atoms with Gasteiger partial charge in [0.1, 0.15) is 11.6 Å². The molecule has 0 saturated carbocycles. The summed E-state index contributed by atoms with van der Waals surface area (Å²) in [7, 11) is -1.79. The molecule has 8 heteroatoms. The number of nitrogens with zero attached hydrogens (tertiary/aromatic N) is 2. The molecule has 2 saturated heterocycles. The van der Waals surface area contributed by atoms with Gasteiger partial charge in [-0.25, -0.2) is 17.6 Å². The number of para-hydroxylation sites is 2. The fourth-order valence-corrected chi connectivity index (χ4v) is 5.64. The first kappa shape index (κ1) is 16.8. The lowest BCUT2D eigenvalue weighted by atomic mass is 10.1. The summed E-state index contributed by atoms with van der Waals surface area (Å²) < 4.78 is 43.1. The quantitative estimate of drug-likeness (QED) is 0.772. The van der Waals surface area contributed by atoms with Crippen molar-refractivity contribution in [3.05, 3.63) is 54.3 Å². The van der Waals surface area contributed by atoms with Crippen LogP contribution in [0.25, 0.3) is 0 Å². The van der Waals surface area contributed by atoms with Gasteiger partial charge in [-0.1, -0.05) is 12.1 Å². The molecule has 6 nitrogen and oxygen atoms in total. The third-order valence-electron chi connectivity index (χ3n) is 4.82. The van der Waals surface area contributed by atoms with E-state index in [1.54, 1.807) is 24.3 Å². The van der Waals surface area contributed by atoms with E-state index in [1.165, 1.54) is 41.2 Å². The van der Waals surface area contributed by atoms with E-state index >= 15 is 0 Å². The summed E-state index contributed by atoms with van der Waals surface area (Å²) in [5.74, 6) is -0.159. The number of carbonyl (C=O) groups is 1. The summed E-state index contributed by atoms with van der Waals surface area (Å²) in [4.78, 5) is 16.1. The van der Waals surface area contributed by atoms with Crippen molar-refractivity contribution in [2.45, 2.75) is 12.1 Å². The van der Waals surface area contributed by atoms with E-state index in [0.29, 0.717) is 17.1 Å². The van der Waals surface area contributed by atoms with Crippen LogP contribution in [0.15, 0.2) is 48.5 Å². The van der Waals surface area contributed by atoms with Crippen LogP contribution in [0.3, 0.4) is 0 Å². The van der Waals surface area contributed by atoms with Crippen molar-refractivity contribution >= 4 is 27.2 Å². The first-order valence-electron chi connectivity index (χ1n) is 8.13. The number of fused-ring (bicyclic) bond motifs is 1. The van der Waals surface area contributed by atoms with Gasteiger partial charge in [-0.05, 0) is 36.4 Å². The van der Waals surface area contributed by atoms with Crippen LogP contribution in [-0.4, -0.2) is 45.1 Å². The Hall–Kier alpha value is -2.61. The first-order chi connectivity index (χ1) is 12.4. The number of hydrogen-bond donors (Lipinski definition) is 0. The van der Waals surface area contributed by atoms with Gasteiger partial charge < -0.3 is 4.74 Å². The molecule has 2 aliphatic heterocycles. The average molecular weight is 376 g/mol. The number of anilines is 2. The van der Waals surface area contributed by atoms with Crippen molar-refractivity contribution in [2.24, 2.45) is 0 Å². The molecule has 2 aromatic rings. The highest BCUT2D eigenvalue weighted by Gasteiger charge is 2.54. The maximum Gasteiger partial charge on any atom is 0.329 e. The second kappa shape index (κ2) is 5.98. The zero-order chi connectivity index (χ0) is 18.5. The Kier molecular flexibility index (Phi) is 3.87. The number of benzene rings is 2. The van der Waals surface area contributed by atoms with E-state index in [1.807, 2.05) is 0 Å². The monoisotopic (exact) mass is 376 g/mol. The molecule has 0 unspecified atom stereocenters. The SMILES string of the molecule is COc1ccccc1N1C(=O)N(c2ccc(F)cc2)[C@H]2CS(=O)(=O)C[C@H]21. The predicted octanol–water partition coefficient (Wildman–Crippen LogP) is 2.45. The maximum atomic E-state index is 13.3. The third kappa shape index (κ3) is 2.61. The molecule has 0 bridgehead atoms. The maximum absolute atomic E-state index is 13.3. The Balaban J connectivity index is 1.83. The van der Waals surface area contributed by atoms with Crippen molar-refractivity contribution in [2.75, 3.05) is 28.4 Å². The van der Waals surface area contributed by atoms with Gasteiger partial charge in [0, 0.05) is 5.69 Å². The number of ether oxygens (including phenoxy) is 1. The summed E-state index contributed by atoms with van der Waals surface area (Å²) in [6, 6.07) is 11.1. The smallest absolute Gasteiger partial charge is 0.329 e. The molecular formula is C18H17FN2O4S. The summed E-state index contributed by atoms with van der Waals surface area (Å²) in [5.41, 5.74) is 0.998. The van der Waals surface area contributed by atoms with E-state index < -0.39 is 27.7 Å². The zero-order valence-corrected chi connectivity index (χ0v) is 14.8. The van der Waals surface area contributed by atoms with Gasteiger partial charge in [0.05, 0.1) is 36.4 Å². The molecule has 136 valence electrons. The largest absolute Gasteiger partial charge is 0.495 e. The molecule has 2 heterocycles. The van der Waals surface area contributed by atoms with Gasteiger partial charge in [0.2, 0.25) is 0 Å². The molecule has 2 aliphatic rings. The molecule has 0 aliphatic carbocycles. The molecule has 2 fully saturated rings. The Morgan fingerprint density at radius 3 is 2.27 bits per heavy atom. The number of rotatable bonds is 3. The standard InChI is InChI=1S/C18H17FN2O4S/c1-25-17-5-3-2-4-14(17)21-16-11-26(23,24)10-15(16)20(18(21)22)13-8-6-12(19)7-9-13/h2-9,15-16H,10-11H2,1H3/t15-,16+/m0/s1. The lowest BCUT2D eigenvalue weighted by Gasteiger charge is -2.24. The number of methoxy groups -OCH3 is 1. The van der Waals surface area contributed by atoms with Crippen LogP contribution in [0.5, 0.6) is 5.75 Å². The van der Waals surface area contributed by atoms with Crippen molar-refractivity contribution < 1.29 is 22.3 Å². The van der Waals surface area contributed by atoms with Gasteiger partial charge in [0.25, 0.3) is 0 Å². The Labute approximate surface area is 150 Å². The van der Waals surface area contributed by atoms with Crippen molar-refractivity contribution in [3.63, 3.8) is 0 Å². The molecule has 0 spiro atoms. The van der Waals surface area contributed by atoms with Crippen molar-refractivity contribution in [1.82, 2.24) is 0 Å². The number of urea groups is 1. The number of amides is 2. The van der Waals surface area contributed by atoms with E-state index in [2.05, 4.69) is 0 Å². The van der Waals surface area contributed by atoms with E-state index in [-0.39, 0.29) is 17.5 Å². The molecule has 2 amide bonds. The van der Waals surface area contributed by atoms with E-state index in [4.69, 9.17) is 4.74 Å². The molecule has 26 heavy (non-hydrogen) atoms. The summed E-state index contributed by atoms with van der Waals surface area (Å²) in [6.07, 6.45) is 0. The van der Waals surface area contributed by atoms with Crippen LogP contribution in [-0.2, 0) is 9.84 Å². The van der Waals surface area contributed by atoms with Crippen LogP contribution in [0.4, 0.5) is 20.6 Å². The van der Waals surface area contributed by atoms with E-state index in [9.17, 15) is 17.6 Å². The lowest BCUT2D eigenvalue weighted by Crippen LogP contribution is -2.38. The second-order valence-corrected chi connectivity index (χ2v) is 8.54. The van der Waals surface area contributed by atoms with Gasteiger partial charge in [-0.3, -0.25) is 9.80 Å². The molecule has 0 radical (unpaired) electrons. The van der Waals surface area contributed by atoms with Crippen LogP contribution >= 0.6 is 0 Å². The normalized spacial score (nSPS) is 24.0. The van der Waals surface area contributed by atoms with E-state index in [0.717, 1.165) is 0 Å². The van der Waals surface area contributed by atoms with Gasteiger partial charge in [-0.2, -0.15) is 0 Å². The number of sulfone groups is 1. The zero-order valence-electron chi connectivity index (χ0n) is 14.0. The molecule has 4 rings (SSSR count). The van der Waals surface area contributed by atoms with Crippen molar-refractivity contribution in [3.8, 4) is 5.75 Å². The number of hydrogen-bond acceptors (Lipinski definition) is 4. The van der Waals surface area contributed by atoms with Crippen LogP contribution in [0.2, 0.25) is 0 Å². The summed E-state index contributed by atoms with van der Waals surface area (Å²) in [6.45, 7) is 0. The molecule has 2 atom stereocenters. The van der Waals surface area contributed by atoms with Crippen molar-refractivity contribution in [1.29, 1.82) is 0 Å². The van der Waals surface area contributed by atoms with Gasteiger partial charge >= 0.3 is 6.03 Å².